The van der Waals surface area contributed by atoms with E-state index in [4.69, 9.17) is 16.0 Å². The summed E-state index contributed by atoms with van der Waals surface area (Å²) < 4.78 is 73.7. The second-order valence-electron chi connectivity index (χ2n) is 5.36. The molecule has 144 valence electrons. The molecular weight excluding hydrogens is 413 g/mol. The third kappa shape index (κ3) is 4.03. The van der Waals surface area contributed by atoms with Crippen LogP contribution in [0.3, 0.4) is 0 Å². The molecule has 0 saturated heterocycles. The first-order valence-corrected chi connectivity index (χ1v) is 9.00. The Morgan fingerprint density at radius 2 is 1.89 bits per heavy atom. The second-order valence-corrected chi connectivity index (χ2v) is 7.44. The standard InChI is InChI=1S/C15H10ClF3N2O5S/c1-21-11-4-3-9(7-13(11)25-14(21)22)27(23,24)20-8-2-5-12(10(16)6-8)26-15(17,18)19/h2-7,20H,1H3. The summed E-state index contributed by atoms with van der Waals surface area (Å²) in [6, 6.07) is 6.71. The summed E-state index contributed by atoms with van der Waals surface area (Å²) in [7, 11) is -2.65. The number of nitrogens with zero attached hydrogens (tertiary/aromatic N) is 1. The summed E-state index contributed by atoms with van der Waals surface area (Å²) in [5.74, 6) is -1.32. The van der Waals surface area contributed by atoms with Crippen molar-refractivity contribution in [2.24, 2.45) is 7.05 Å². The molecular formula is C15H10ClF3N2O5S. The number of hydrogen-bond donors (Lipinski definition) is 1. The number of halogens is 4. The molecule has 2 aromatic carbocycles. The molecule has 0 atom stereocenters. The van der Waals surface area contributed by atoms with Gasteiger partial charge in [-0.1, -0.05) is 11.6 Å². The van der Waals surface area contributed by atoms with Crippen molar-refractivity contribution >= 4 is 38.4 Å². The van der Waals surface area contributed by atoms with Crippen LogP contribution in [0.15, 0.2) is 50.5 Å². The van der Waals surface area contributed by atoms with Gasteiger partial charge in [0.05, 0.1) is 21.1 Å². The summed E-state index contributed by atoms with van der Waals surface area (Å²) in [5.41, 5.74) is 0.386. The largest absolute Gasteiger partial charge is 0.573 e. The van der Waals surface area contributed by atoms with Crippen LogP contribution in [0.1, 0.15) is 0 Å². The lowest BCUT2D eigenvalue weighted by Gasteiger charge is -2.12. The fraction of sp³-hybridized carbons (Fsp3) is 0.133. The van der Waals surface area contributed by atoms with E-state index in [1.54, 1.807) is 0 Å². The van der Waals surface area contributed by atoms with E-state index in [9.17, 15) is 26.4 Å². The van der Waals surface area contributed by atoms with E-state index in [1.807, 2.05) is 0 Å². The van der Waals surface area contributed by atoms with Crippen LogP contribution in [0.4, 0.5) is 18.9 Å². The van der Waals surface area contributed by atoms with E-state index in [0.717, 1.165) is 24.3 Å². The number of oxazole rings is 1. The van der Waals surface area contributed by atoms with Gasteiger partial charge in [0, 0.05) is 13.1 Å². The predicted molar refractivity (Wildman–Crippen MR) is 90.4 cm³/mol. The van der Waals surface area contributed by atoms with E-state index in [0.29, 0.717) is 5.52 Å². The molecule has 1 aromatic heterocycles. The van der Waals surface area contributed by atoms with E-state index in [-0.39, 0.29) is 16.2 Å². The van der Waals surface area contributed by atoms with Crippen molar-refractivity contribution < 1.29 is 30.7 Å². The molecule has 0 radical (unpaired) electrons. The van der Waals surface area contributed by atoms with Crippen molar-refractivity contribution in [1.82, 2.24) is 4.57 Å². The highest BCUT2D eigenvalue weighted by Gasteiger charge is 2.32. The minimum absolute atomic E-state index is 0.0670. The summed E-state index contributed by atoms with van der Waals surface area (Å²) in [5, 5.41) is -0.433. The van der Waals surface area contributed by atoms with Gasteiger partial charge in [-0.05, 0) is 30.3 Å². The molecule has 0 amide bonds. The van der Waals surface area contributed by atoms with Crippen LogP contribution in [0, 0.1) is 0 Å². The van der Waals surface area contributed by atoms with Gasteiger partial charge in [-0.3, -0.25) is 9.29 Å². The molecule has 0 unspecified atom stereocenters. The number of fused-ring (bicyclic) bond motifs is 1. The lowest BCUT2D eigenvalue weighted by molar-refractivity contribution is -0.274. The van der Waals surface area contributed by atoms with Gasteiger partial charge in [0.1, 0.15) is 5.75 Å². The van der Waals surface area contributed by atoms with Gasteiger partial charge in [0.2, 0.25) is 0 Å². The van der Waals surface area contributed by atoms with Crippen LogP contribution < -0.4 is 15.2 Å². The monoisotopic (exact) mass is 422 g/mol. The number of ether oxygens (including phenoxy) is 1. The quantitative estimate of drug-likeness (QED) is 0.695. The average Bonchev–Trinajstić information content (AvgIpc) is 2.83. The number of rotatable bonds is 4. The van der Waals surface area contributed by atoms with Crippen molar-refractivity contribution in [3.8, 4) is 5.75 Å². The first kappa shape index (κ1) is 19.1. The Morgan fingerprint density at radius 3 is 2.52 bits per heavy atom. The van der Waals surface area contributed by atoms with Gasteiger partial charge in [-0.15, -0.1) is 13.2 Å². The molecule has 3 aromatic rings. The lowest BCUT2D eigenvalue weighted by atomic mass is 10.3. The van der Waals surface area contributed by atoms with Crippen LogP contribution in [0.25, 0.3) is 11.1 Å². The zero-order valence-corrected chi connectivity index (χ0v) is 14.9. The highest BCUT2D eigenvalue weighted by Crippen LogP contribution is 2.33. The number of anilines is 1. The number of sulfonamides is 1. The number of hydrogen-bond acceptors (Lipinski definition) is 5. The van der Waals surface area contributed by atoms with Gasteiger partial charge < -0.3 is 9.15 Å². The van der Waals surface area contributed by atoms with Gasteiger partial charge in [0.15, 0.2) is 5.58 Å². The number of aromatic nitrogens is 1. The maximum atomic E-state index is 12.5. The topological polar surface area (TPSA) is 90.5 Å². The number of alkyl halides is 3. The minimum atomic E-state index is -4.93. The third-order valence-corrected chi connectivity index (χ3v) is 5.16. The van der Waals surface area contributed by atoms with Crippen molar-refractivity contribution in [3.63, 3.8) is 0 Å². The number of nitrogens with one attached hydrogen (secondary N) is 1. The van der Waals surface area contributed by atoms with Crippen molar-refractivity contribution in [2.75, 3.05) is 4.72 Å². The average molecular weight is 423 g/mol. The Bertz CT molecular complexity index is 1180. The SMILES string of the molecule is Cn1c(=O)oc2cc(S(=O)(=O)Nc3ccc(OC(F)(F)F)c(Cl)c3)ccc21. The molecule has 12 heteroatoms. The maximum absolute atomic E-state index is 12.5. The molecule has 0 aliphatic rings. The minimum Gasteiger partial charge on any atom is -0.408 e. The number of aryl methyl sites for hydroxylation is 1. The third-order valence-electron chi connectivity index (χ3n) is 3.48. The Labute approximate surface area is 155 Å². The van der Waals surface area contributed by atoms with Crippen LogP contribution in [-0.2, 0) is 17.1 Å². The molecule has 27 heavy (non-hydrogen) atoms. The molecule has 3 rings (SSSR count). The smallest absolute Gasteiger partial charge is 0.408 e. The molecule has 0 spiro atoms. The summed E-state index contributed by atoms with van der Waals surface area (Å²) >= 11 is 5.70. The van der Waals surface area contributed by atoms with Gasteiger partial charge >= 0.3 is 12.1 Å². The molecule has 0 fully saturated rings. The van der Waals surface area contributed by atoms with Gasteiger partial charge in [0.25, 0.3) is 10.0 Å². The summed E-state index contributed by atoms with van der Waals surface area (Å²) in [6.07, 6.45) is -4.93. The van der Waals surface area contributed by atoms with Gasteiger partial charge in [-0.2, -0.15) is 0 Å². The van der Waals surface area contributed by atoms with Crippen LogP contribution >= 0.6 is 11.6 Å². The molecule has 0 saturated carbocycles. The Hall–Kier alpha value is -2.66. The summed E-state index contributed by atoms with van der Waals surface area (Å²) in [4.78, 5) is 11.3. The van der Waals surface area contributed by atoms with Gasteiger partial charge in [-0.25, -0.2) is 13.2 Å². The fourth-order valence-electron chi connectivity index (χ4n) is 2.27. The Morgan fingerprint density at radius 1 is 1.19 bits per heavy atom. The molecule has 0 bridgehead atoms. The zero-order valence-electron chi connectivity index (χ0n) is 13.4. The summed E-state index contributed by atoms with van der Waals surface area (Å²) in [6.45, 7) is 0. The molecule has 0 aliphatic carbocycles. The molecule has 0 aliphatic heterocycles. The van der Waals surface area contributed by atoms with E-state index >= 15 is 0 Å². The molecule has 7 nitrogen and oxygen atoms in total. The van der Waals surface area contributed by atoms with Crippen molar-refractivity contribution in [1.29, 1.82) is 0 Å². The van der Waals surface area contributed by atoms with Crippen LogP contribution in [0.2, 0.25) is 5.02 Å². The maximum Gasteiger partial charge on any atom is 0.573 e. The lowest BCUT2D eigenvalue weighted by Crippen LogP contribution is -2.17. The van der Waals surface area contributed by atoms with Crippen molar-refractivity contribution in [2.45, 2.75) is 11.3 Å². The second kappa shape index (κ2) is 6.50. The van der Waals surface area contributed by atoms with E-state index in [2.05, 4.69) is 9.46 Å². The number of benzene rings is 2. The molecule has 1 N–H and O–H groups in total. The Balaban J connectivity index is 1.90. The zero-order chi connectivity index (χ0) is 20.0. The van der Waals surface area contributed by atoms with Crippen LogP contribution in [0.5, 0.6) is 5.75 Å². The first-order valence-electron chi connectivity index (χ1n) is 7.14. The normalized spacial score (nSPS) is 12.3. The highest BCUT2D eigenvalue weighted by atomic mass is 35.5. The molecule has 1 heterocycles. The predicted octanol–water partition coefficient (Wildman–Crippen LogP) is 3.48. The fourth-order valence-corrected chi connectivity index (χ4v) is 3.55. The van der Waals surface area contributed by atoms with Crippen molar-refractivity contribution in [3.05, 3.63) is 52.0 Å². The van der Waals surface area contributed by atoms with E-state index < -0.39 is 32.9 Å². The van der Waals surface area contributed by atoms with Crippen LogP contribution in [-0.4, -0.2) is 19.3 Å². The highest BCUT2D eigenvalue weighted by molar-refractivity contribution is 7.92. The first-order chi connectivity index (χ1) is 12.5. The Kier molecular flexibility index (Phi) is 4.60. The van der Waals surface area contributed by atoms with E-state index in [1.165, 1.54) is 23.7 Å².